The van der Waals surface area contributed by atoms with Crippen molar-refractivity contribution in [1.82, 2.24) is 15.2 Å². The molecule has 2 aromatic rings. The van der Waals surface area contributed by atoms with Gasteiger partial charge in [-0.25, -0.2) is 0 Å². The van der Waals surface area contributed by atoms with Crippen molar-refractivity contribution < 1.29 is 9.59 Å². The SMILES string of the molecule is O=C(NCCc1c[nH]c2ccccc12)C1CCN(C(=O)C2CC2)CC1. The van der Waals surface area contributed by atoms with Crippen LogP contribution in [0.15, 0.2) is 30.5 Å². The Balaban J connectivity index is 1.23. The molecule has 2 fully saturated rings. The summed E-state index contributed by atoms with van der Waals surface area (Å²) in [5.41, 5.74) is 2.37. The van der Waals surface area contributed by atoms with Gasteiger partial charge in [-0.3, -0.25) is 9.59 Å². The van der Waals surface area contributed by atoms with Crippen LogP contribution in [0.1, 0.15) is 31.2 Å². The summed E-state index contributed by atoms with van der Waals surface area (Å²) in [7, 11) is 0. The number of hydrogen-bond acceptors (Lipinski definition) is 2. The fraction of sp³-hybridized carbons (Fsp3) is 0.500. The minimum absolute atomic E-state index is 0.0474. The molecule has 1 aliphatic heterocycles. The molecular formula is C20H25N3O2. The predicted octanol–water partition coefficient (Wildman–Crippen LogP) is 2.48. The summed E-state index contributed by atoms with van der Waals surface area (Å²) in [5.74, 6) is 0.768. The van der Waals surface area contributed by atoms with E-state index in [0.717, 1.165) is 50.7 Å². The van der Waals surface area contributed by atoms with Gasteiger partial charge in [-0.2, -0.15) is 0 Å². The smallest absolute Gasteiger partial charge is 0.225 e. The second-order valence-corrected chi connectivity index (χ2v) is 7.27. The van der Waals surface area contributed by atoms with Crippen LogP contribution in [0.4, 0.5) is 0 Å². The molecule has 0 radical (unpaired) electrons. The summed E-state index contributed by atoms with van der Waals surface area (Å²) in [6, 6.07) is 8.23. The average Bonchev–Trinajstić information content (AvgIpc) is 3.43. The molecule has 0 unspecified atom stereocenters. The third-order valence-electron chi connectivity index (χ3n) is 5.47. The first kappa shape index (κ1) is 16.2. The summed E-state index contributed by atoms with van der Waals surface area (Å²) in [6.45, 7) is 2.12. The number of nitrogens with zero attached hydrogens (tertiary/aromatic N) is 1. The molecule has 2 heterocycles. The minimum Gasteiger partial charge on any atom is -0.361 e. The summed E-state index contributed by atoms with van der Waals surface area (Å²) in [4.78, 5) is 29.7. The number of benzene rings is 1. The van der Waals surface area contributed by atoms with Crippen LogP contribution in [0.5, 0.6) is 0 Å². The second-order valence-electron chi connectivity index (χ2n) is 7.27. The van der Waals surface area contributed by atoms with Crippen molar-refractivity contribution >= 4 is 22.7 Å². The highest BCUT2D eigenvalue weighted by atomic mass is 16.2. The maximum Gasteiger partial charge on any atom is 0.225 e. The number of hydrogen-bond donors (Lipinski definition) is 2. The van der Waals surface area contributed by atoms with Gasteiger partial charge in [-0.05, 0) is 43.7 Å². The monoisotopic (exact) mass is 339 g/mol. The van der Waals surface area contributed by atoms with E-state index in [0.29, 0.717) is 12.5 Å². The molecule has 1 aromatic carbocycles. The van der Waals surface area contributed by atoms with Crippen molar-refractivity contribution in [2.24, 2.45) is 11.8 Å². The molecule has 1 aromatic heterocycles. The molecule has 1 saturated carbocycles. The molecule has 5 nitrogen and oxygen atoms in total. The number of fused-ring (bicyclic) bond motifs is 1. The zero-order valence-corrected chi connectivity index (χ0v) is 14.5. The Morgan fingerprint density at radius 1 is 1.08 bits per heavy atom. The lowest BCUT2D eigenvalue weighted by atomic mass is 9.95. The fourth-order valence-electron chi connectivity index (χ4n) is 3.75. The largest absolute Gasteiger partial charge is 0.361 e. The van der Waals surface area contributed by atoms with Gasteiger partial charge in [-0.1, -0.05) is 18.2 Å². The number of carbonyl (C=O) groups excluding carboxylic acids is 2. The molecule has 2 N–H and O–H groups in total. The van der Waals surface area contributed by atoms with Gasteiger partial charge in [0.2, 0.25) is 11.8 Å². The normalized spacial score (nSPS) is 18.5. The number of aromatic amines is 1. The number of H-pyrrole nitrogens is 1. The quantitative estimate of drug-likeness (QED) is 0.879. The van der Waals surface area contributed by atoms with Gasteiger partial charge in [0, 0.05) is 48.6 Å². The highest BCUT2D eigenvalue weighted by Crippen LogP contribution is 2.32. The Labute approximate surface area is 147 Å². The number of likely N-dealkylation sites (tertiary alicyclic amines) is 1. The number of nitrogens with one attached hydrogen (secondary N) is 2. The Morgan fingerprint density at radius 3 is 2.60 bits per heavy atom. The van der Waals surface area contributed by atoms with Crippen molar-refractivity contribution in [2.75, 3.05) is 19.6 Å². The van der Waals surface area contributed by atoms with Crippen LogP contribution in [-0.4, -0.2) is 41.3 Å². The zero-order valence-electron chi connectivity index (χ0n) is 14.5. The molecule has 132 valence electrons. The van der Waals surface area contributed by atoms with Crippen molar-refractivity contribution in [3.8, 4) is 0 Å². The first-order valence-corrected chi connectivity index (χ1v) is 9.34. The predicted molar refractivity (Wildman–Crippen MR) is 97.0 cm³/mol. The topological polar surface area (TPSA) is 65.2 Å². The zero-order chi connectivity index (χ0) is 17.2. The van der Waals surface area contributed by atoms with Gasteiger partial charge in [0.1, 0.15) is 0 Å². The highest BCUT2D eigenvalue weighted by molar-refractivity contribution is 5.84. The minimum atomic E-state index is 0.0474. The maximum absolute atomic E-state index is 12.4. The molecular weight excluding hydrogens is 314 g/mol. The molecule has 4 rings (SSSR count). The van der Waals surface area contributed by atoms with Gasteiger partial charge in [-0.15, -0.1) is 0 Å². The molecule has 5 heteroatoms. The molecule has 2 aliphatic rings. The van der Waals surface area contributed by atoms with E-state index in [1.54, 1.807) is 0 Å². The van der Waals surface area contributed by atoms with Gasteiger partial charge in [0.05, 0.1) is 0 Å². The first-order valence-electron chi connectivity index (χ1n) is 9.34. The van der Waals surface area contributed by atoms with E-state index in [1.165, 1.54) is 10.9 Å². The lowest BCUT2D eigenvalue weighted by Crippen LogP contribution is -2.43. The number of aromatic nitrogens is 1. The van der Waals surface area contributed by atoms with Crippen LogP contribution in [0.25, 0.3) is 10.9 Å². The van der Waals surface area contributed by atoms with Crippen LogP contribution in [0.3, 0.4) is 0 Å². The third-order valence-corrected chi connectivity index (χ3v) is 5.47. The number of para-hydroxylation sites is 1. The number of carbonyl (C=O) groups is 2. The van der Waals surface area contributed by atoms with Crippen molar-refractivity contribution in [3.63, 3.8) is 0 Å². The second kappa shape index (κ2) is 6.90. The molecule has 1 saturated heterocycles. The third kappa shape index (κ3) is 3.55. The molecule has 0 bridgehead atoms. The van der Waals surface area contributed by atoms with Crippen LogP contribution in [0, 0.1) is 11.8 Å². The van der Waals surface area contributed by atoms with Gasteiger partial charge in [0.25, 0.3) is 0 Å². The number of piperidine rings is 1. The van der Waals surface area contributed by atoms with Crippen LogP contribution in [-0.2, 0) is 16.0 Å². The fourth-order valence-corrected chi connectivity index (χ4v) is 3.75. The lowest BCUT2D eigenvalue weighted by molar-refractivity contribution is -0.136. The molecule has 0 atom stereocenters. The van der Waals surface area contributed by atoms with E-state index < -0.39 is 0 Å². The number of amides is 2. The molecule has 1 aliphatic carbocycles. The van der Waals surface area contributed by atoms with E-state index in [4.69, 9.17) is 0 Å². The van der Waals surface area contributed by atoms with Gasteiger partial charge >= 0.3 is 0 Å². The Morgan fingerprint density at radius 2 is 1.84 bits per heavy atom. The summed E-state index contributed by atoms with van der Waals surface area (Å²) < 4.78 is 0. The number of rotatable bonds is 5. The van der Waals surface area contributed by atoms with E-state index in [2.05, 4.69) is 22.4 Å². The molecule has 0 spiro atoms. The highest BCUT2D eigenvalue weighted by Gasteiger charge is 2.35. The van der Waals surface area contributed by atoms with Crippen LogP contribution >= 0.6 is 0 Å². The first-order chi connectivity index (χ1) is 12.2. The van der Waals surface area contributed by atoms with Crippen LogP contribution < -0.4 is 5.32 Å². The molecule has 2 amide bonds. The summed E-state index contributed by atoms with van der Waals surface area (Å²) in [6.07, 6.45) is 6.53. The maximum atomic E-state index is 12.4. The summed E-state index contributed by atoms with van der Waals surface area (Å²) in [5, 5.41) is 4.30. The van der Waals surface area contributed by atoms with Crippen LogP contribution in [0.2, 0.25) is 0 Å². The van der Waals surface area contributed by atoms with E-state index in [9.17, 15) is 9.59 Å². The van der Waals surface area contributed by atoms with Crippen molar-refractivity contribution in [2.45, 2.75) is 32.1 Å². The summed E-state index contributed by atoms with van der Waals surface area (Å²) >= 11 is 0. The Hall–Kier alpha value is -2.30. The van der Waals surface area contributed by atoms with E-state index in [1.807, 2.05) is 23.2 Å². The van der Waals surface area contributed by atoms with E-state index in [-0.39, 0.29) is 17.7 Å². The van der Waals surface area contributed by atoms with Gasteiger partial charge < -0.3 is 15.2 Å². The Kier molecular flexibility index (Phi) is 4.47. The van der Waals surface area contributed by atoms with Gasteiger partial charge in [0.15, 0.2) is 0 Å². The lowest BCUT2D eigenvalue weighted by Gasteiger charge is -2.31. The van der Waals surface area contributed by atoms with E-state index >= 15 is 0 Å². The standard InChI is InChI=1S/C20H25N3O2/c24-19(14-8-11-23(12-9-14)20(25)15-5-6-15)21-10-7-16-13-22-18-4-2-1-3-17(16)18/h1-4,13-15,22H,5-12H2,(H,21,24). The Bertz CT molecular complexity index is 770. The van der Waals surface area contributed by atoms with Crippen molar-refractivity contribution in [3.05, 3.63) is 36.0 Å². The van der Waals surface area contributed by atoms with Crippen molar-refractivity contribution in [1.29, 1.82) is 0 Å². The average molecular weight is 339 g/mol. The molecule has 25 heavy (non-hydrogen) atoms.